The standard InChI is InChI=1S/C11H14ClNO4S/c1-7(14)6-13-11(15)8-3-4-9(12)10(5-8)18(2,16)17/h3-5,7,14H,6H2,1-2H3,(H,13,15)/t7-/m1/s1. The molecule has 2 N–H and O–H groups in total. The van der Waals surface area contributed by atoms with Gasteiger partial charge < -0.3 is 10.4 Å². The van der Waals surface area contributed by atoms with Crippen molar-refractivity contribution in [2.75, 3.05) is 12.8 Å². The number of halogens is 1. The summed E-state index contributed by atoms with van der Waals surface area (Å²) in [5.41, 5.74) is 0.181. The lowest BCUT2D eigenvalue weighted by molar-refractivity contribution is 0.0924. The number of aliphatic hydroxyl groups is 1. The van der Waals surface area contributed by atoms with Crippen LogP contribution in [0.5, 0.6) is 0 Å². The van der Waals surface area contributed by atoms with Crippen LogP contribution in [0.4, 0.5) is 0 Å². The molecule has 1 rings (SSSR count). The largest absolute Gasteiger partial charge is 0.392 e. The van der Waals surface area contributed by atoms with Crippen LogP contribution in [-0.4, -0.2) is 38.3 Å². The fraction of sp³-hybridized carbons (Fsp3) is 0.364. The van der Waals surface area contributed by atoms with Crippen molar-refractivity contribution in [3.05, 3.63) is 28.8 Å². The Kier molecular flexibility index (Phi) is 4.72. The Balaban J connectivity index is 3.02. The van der Waals surface area contributed by atoms with Crippen molar-refractivity contribution in [1.82, 2.24) is 5.32 Å². The van der Waals surface area contributed by atoms with Crippen LogP contribution < -0.4 is 5.32 Å². The topological polar surface area (TPSA) is 83.5 Å². The molecule has 5 nitrogen and oxygen atoms in total. The first-order chi connectivity index (χ1) is 8.21. The highest BCUT2D eigenvalue weighted by molar-refractivity contribution is 7.90. The monoisotopic (exact) mass is 291 g/mol. The van der Waals surface area contributed by atoms with Crippen LogP contribution >= 0.6 is 11.6 Å². The quantitative estimate of drug-likeness (QED) is 0.861. The molecule has 0 saturated carbocycles. The molecular weight excluding hydrogens is 278 g/mol. The van der Waals surface area contributed by atoms with Crippen molar-refractivity contribution in [3.8, 4) is 0 Å². The van der Waals surface area contributed by atoms with E-state index in [-0.39, 0.29) is 22.0 Å². The molecule has 0 heterocycles. The number of sulfone groups is 1. The third-order valence-electron chi connectivity index (χ3n) is 2.15. The average molecular weight is 292 g/mol. The molecule has 0 unspecified atom stereocenters. The zero-order chi connectivity index (χ0) is 13.9. The van der Waals surface area contributed by atoms with E-state index in [1.54, 1.807) is 0 Å². The highest BCUT2D eigenvalue weighted by Gasteiger charge is 2.15. The van der Waals surface area contributed by atoms with Crippen molar-refractivity contribution in [2.45, 2.75) is 17.9 Å². The molecule has 0 aliphatic carbocycles. The molecule has 0 fully saturated rings. The van der Waals surface area contributed by atoms with Crippen molar-refractivity contribution >= 4 is 27.3 Å². The summed E-state index contributed by atoms with van der Waals surface area (Å²) in [6.45, 7) is 1.62. The molecule has 1 amide bonds. The van der Waals surface area contributed by atoms with E-state index in [0.29, 0.717) is 0 Å². The van der Waals surface area contributed by atoms with E-state index in [1.807, 2.05) is 0 Å². The summed E-state index contributed by atoms with van der Waals surface area (Å²) in [6.07, 6.45) is 0.349. The SMILES string of the molecule is C[C@@H](O)CNC(=O)c1ccc(Cl)c(S(C)(=O)=O)c1. The summed E-state index contributed by atoms with van der Waals surface area (Å²) in [5, 5.41) is 11.6. The van der Waals surface area contributed by atoms with Gasteiger partial charge in [0.05, 0.1) is 16.0 Å². The highest BCUT2D eigenvalue weighted by atomic mass is 35.5. The van der Waals surface area contributed by atoms with Crippen LogP contribution in [-0.2, 0) is 9.84 Å². The van der Waals surface area contributed by atoms with Crippen molar-refractivity contribution < 1.29 is 18.3 Å². The van der Waals surface area contributed by atoms with Gasteiger partial charge in [0.1, 0.15) is 0 Å². The molecule has 0 radical (unpaired) electrons. The Morgan fingerprint density at radius 1 is 1.50 bits per heavy atom. The number of nitrogens with one attached hydrogen (secondary N) is 1. The van der Waals surface area contributed by atoms with Gasteiger partial charge in [-0.15, -0.1) is 0 Å². The fourth-order valence-electron chi connectivity index (χ4n) is 1.27. The van der Waals surface area contributed by atoms with Gasteiger partial charge in [-0.2, -0.15) is 0 Å². The second-order valence-corrected chi connectivity index (χ2v) is 6.37. The molecule has 0 spiro atoms. The van der Waals surface area contributed by atoms with Gasteiger partial charge in [-0.1, -0.05) is 11.6 Å². The van der Waals surface area contributed by atoms with Crippen LogP contribution in [0.1, 0.15) is 17.3 Å². The van der Waals surface area contributed by atoms with E-state index < -0.39 is 21.8 Å². The van der Waals surface area contributed by atoms with Gasteiger partial charge in [0.2, 0.25) is 0 Å². The highest BCUT2D eigenvalue weighted by Crippen LogP contribution is 2.22. The normalized spacial score (nSPS) is 13.1. The van der Waals surface area contributed by atoms with E-state index in [9.17, 15) is 13.2 Å². The summed E-state index contributed by atoms with van der Waals surface area (Å²) < 4.78 is 22.9. The number of carbonyl (C=O) groups excluding carboxylic acids is 1. The Morgan fingerprint density at radius 2 is 2.11 bits per heavy atom. The maximum absolute atomic E-state index is 11.7. The molecule has 1 atom stereocenters. The molecular formula is C11H14ClNO4S. The number of hydrogen-bond acceptors (Lipinski definition) is 4. The van der Waals surface area contributed by atoms with E-state index in [1.165, 1.54) is 25.1 Å². The Bertz CT molecular complexity index is 554. The third-order valence-corrected chi connectivity index (χ3v) is 3.73. The summed E-state index contributed by atoms with van der Waals surface area (Å²) in [7, 11) is -3.48. The molecule has 7 heteroatoms. The van der Waals surface area contributed by atoms with Gasteiger partial charge in [0.25, 0.3) is 5.91 Å². The summed E-state index contributed by atoms with van der Waals surface area (Å²) in [4.78, 5) is 11.6. The number of rotatable bonds is 4. The van der Waals surface area contributed by atoms with Gasteiger partial charge in [0.15, 0.2) is 9.84 Å². The molecule has 100 valence electrons. The minimum atomic E-state index is -3.48. The van der Waals surface area contributed by atoms with E-state index in [2.05, 4.69) is 5.32 Å². The summed E-state index contributed by atoms with van der Waals surface area (Å²) >= 11 is 5.76. The lowest BCUT2D eigenvalue weighted by atomic mass is 10.2. The van der Waals surface area contributed by atoms with Gasteiger partial charge in [-0.3, -0.25) is 4.79 Å². The van der Waals surface area contributed by atoms with Crippen molar-refractivity contribution in [3.63, 3.8) is 0 Å². The second kappa shape index (κ2) is 5.69. The average Bonchev–Trinajstić information content (AvgIpc) is 2.24. The number of aliphatic hydroxyl groups excluding tert-OH is 1. The summed E-state index contributed by atoms with van der Waals surface area (Å²) in [5.74, 6) is -0.461. The number of carbonyl (C=O) groups is 1. The minimum Gasteiger partial charge on any atom is -0.392 e. The first-order valence-electron chi connectivity index (χ1n) is 5.17. The molecule has 18 heavy (non-hydrogen) atoms. The Hall–Kier alpha value is -1.11. The van der Waals surface area contributed by atoms with E-state index in [4.69, 9.17) is 16.7 Å². The molecule has 0 bridgehead atoms. The minimum absolute atomic E-state index is 0.0737. The van der Waals surface area contributed by atoms with Crippen molar-refractivity contribution in [2.24, 2.45) is 0 Å². The van der Waals surface area contributed by atoms with Gasteiger partial charge >= 0.3 is 0 Å². The van der Waals surface area contributed by atoms with Crippen LogP contribution in [0.15, 0.2) is 23.1 Å². The predicted octanol–water partition coefficient (Wildman–Crippen LogP) is 0.854. The molecule has 0 saturated heterocycles. The van der Waals surface area contributed by atoms with Gasteiger partial charge in [-0.25, -0.2) is 8.42 Å². The maximum atomic E-state index is 11.7. The molecule has 1 aromatic rings. The molecule has 0 aromatic heterocycles. The Labute approximate surface area is 111 Å². The fourth-order valence-corrected chi connectivity index (χ4v) is 2.57. The van der Waals surface area contributed by atoms with Crippen molar-refractivity contribution in [1.29, 1.82) is 0 Å². The summed E-state index contributed by atoms with van der Waals surface area (Å²) in [6, 6.07) is 4.00. The lowest BCUT2D eigenvalue weighted by Gasteiger charge is -2.08. The van der Waals surface area contributed by atoms with E-state index in [0.717, 1.165) is 6.26 Å². The number of benzene rings is 1. The predicted molar refractivity (Wildman–Crippen MR) is 68.6 cm³/mol. The van der Waals surface area contributed by atoms with Crippen LogP contribution in [0.3, 0.4) is 0 Å². The third kappa shape index (κ3) is 3.97. The van der Waals surface area contributed by atoms with Crippen LogP contribution in [0.25, 0.3) is 0 Å². The Morgan fingerprint density at radius 3 is 2.61 bits per heavy atom. The number of amides is 1. The molecule has 0 aliphatic heterocycles. The van der Waals surface area contributed by atoms with Crippen LogP contribution in [0, 0.1) is 0 Å². The zero-order valence-corrected chi connectivity index (χ0v) is 11.5. The smallest absolute Gasteiger partial charge is 0.251 e. The van der Waals surface area contributed by atoms with E-state index >= 15 is 0 Å². The first kappa shape index (κ1) is 14.9. The zero-order valence-electron chi connectivity index (χ0n) is 9.97. The van der Waals surface area contributed by atoms with Gasteiger partial charge in [-0.05, 0) is 25.1 Å². The van der Waals surface area contributed by atoms with Gasteiger partial charge in [0, 0.05) is 18.4 Å². The molecule has 1 aromatic carbocycles. The lowest BCUT2D eigenvalue weighted by Crippen LogP contribution is -2.30. The second-order valence-electron chi connectivity index (χ2n) is 3.98. The number of hydrogen-bond donors (Lipinski definition) is 2. The maximum Gasteiger partial charge on any atom is 0.251 e. The molecule has 0 aliphatic rings. The first-order valence-corrected chi connectivity index (χ1v) is 7.44. The van der Waals surface area contributed by atoms with Crippen LogP contribution in [0.2, 0.25) is 5.02 Å².